The first-order chi connectivity index (χ1) is 15.9. The van der Waals surface area contributed by atoms with Crippen molar-refractivity contribution in [3.63, 3.8) is 0 Å². The number of aliphatic imine (C=N–C) groups is 1. The van der Waals surface area contributed by atoms with Crippen molar-refractivity contribution in [2.45, 2.75) is 71.9 Å². The van der Waals surface area contributed by atoms with Gasteiger partial charge in [0.05, 0.1) is 0 Å². The van der Waals surface area contributed by atoms with Crippen LogP contribution in [0.1, 0.15) is 81.6 Å². The zero-order valence-electron chi connectivity index (χ0n) is 20.0. The van der Waals surface area contributed by atoms with Gasteiger partial charge in [0.2, 0.25) is 0 Å². The monoisotopic (exact) mass is 467 g/mol. The van der Waals surface area contributed by atoms with Crippen molar-refractivity contribution >= 4 is 23.1 Å². The van der Waals surface area contributed by atoms with Gasteiger partial charge in [-0.05, 0) is 49.9 Å². The fourth-order valence-electron chi connectivity index (χ4n) is 4.15. The van der Waals surface area contributed by atoms with Crippen LogP contribution in [0.4, 0.5) is 4.39 Å². The van der Waals surface area contributed by atoms with E-state index in [0.29, 0.717) is 10.7 Å². The molecule has 0 saturated carbocycles. The Morgan fingerprint density at radius 1 is 1.15 bits per heavy atom. The molecule has 1 heterocycles. The molecule has 3 nitrogen and oxygen atoms in total. The summed E-state index contributed by atoms with van der Waals surface area (Å²) >= 11 is 6.38. The zero-order valence-corrected chi connectivity index (χ0v) is 20.7. The number of allylic oxidation sites excluding steroid dienone is 1. The van der Waals surface area contributed by atoms with Gasteiger partial charge >= 0.3 is 0 Å². The second-order valence-corrected chi connectivity index (χ2v) is 9.03. The molecule has 1 aliphatic carbocycles. The SMILES string of the molecule is C=C(NC1=NC(c2ccccc2Cl)NC2=C1CCC2)c1cc(F)ccc1C.CCCCCC. The van der Waals surface area contributed by atoms with Gasteiger partial charge in [-0.15, -0.1) is 0 Å². The molecule has 0 aromatic heterocycles. The van der Waals surface area contributed by atoms with E-state index in [1.54, 1.807) is 6.07 Å². The van der Waals surface area contributed by atoms with E-state index in [-0.39, 0.29) is 12.0 Å². The van der Waals surface area contributed by atoms with E-state index in [1.165, 1.54) is 49.1 Å². The minimum absolute atomic E-state index is 0.251. The van der Waals surface area contributed by atoms with E-state index in [9.17, 15) is 4.39 Å². The highest BCUT2D eigenvalue weighted by molar-refractivity contribution is 6.31. The minimum atomic E-state index is -0.277. The van der Waals surface area contributed by atoms with Gasteiger partial charge in [-0.3, -0.25) is 0 Å². The smallest absolute Gasteiger partial charge is 0.148 e. The predicted octanol–water partition coefficient (Wildman–Crippen LogP) is 8.07. The number of hydrogen-bond donors (Lipinski definition) is 2. The predicted molar refractivity (Wildman–Crippen MR) is 139 cm³/mol. The van der Waals surface area contributed by atoms with Gasteiger partial charge in [0, 0.05) is 33.1 Å². The quantitative estimate of drug-likeness (QED) is 0.421. The summed E-state index contributed by atoms with van der Waals surface area (Å²) in [5.41, 5.74) is 5.67. The average Bonchev–Trinajstić information content (AvgIpc) is 3.29. The molecule has 2 aromatic carbocycles. The molecule has 1 unspecified atom stereocenters. The summed E-state index contributed by atoms with van der Waals surface area (Å²) in [4.78, 5) is 4.87. The van der Waals surface area contributed by atoms with Crippen molar-refractivity contribution < 1.29 is 4.39 Å². The number of aryl methyl sites for hydroxylation is 1. The standard InChI is InChI=1S/C22H21ClFN3.C6H14/c1-13-10-11-15(24)12-18(13)14(2)25-22-17-7-5-9-20(17)26-21(27-22)16-6-3-4-8-19(16)23;1-3-5-6-4-2/h3-4,6,8,10-12,21,26H,2,5,7,9H2,1H3,(H,25,27);3-6H2,1-2H3. The Morgan fingerprint density at radius 3 is 2.58 bits per heavy atom. The van der Waals surface area contributed by atoms with Crippen molar-refractivity contribution in [3.8, 4) is 0 Å². The molecule has 2 aliphatic rings. The highest BCUT2D eigenvalue weighted by Gasteiger charge is 2.28. The summed E-state index contributed by atoms with van der Waals surface area (Å²) < 4.78 is 13.7. The topological polar surface area (TPSA) is 36.4 Å². The van der Waals surface area contributed by atoms with Crippen LogP contribution in [0.3, 0.4) is 0 Å². The van der Waals surface area contributed by atoms with E-state index in [2.05, 4.69) is 31.1 Å². The first-order valence-corrected chi connectivity index (χ1v) is 12.4. The molecular weight excluding hydrogens is 433 g/mol. The molecule has 176 valence electrons. The van der Waals surface area contributed by atoms with Crippen molar-refractivity contribution in [3.05, 3.63) is 87.8 Å². The van der Waals surface area contributed by atoms with Gasteiger partial charge < -0.3 is 10.6 Å². The van der Waals surface area contributed by atoms with Crippen LogP contribution < -0.4 is 10.6 Å². The van der Waals surface area contributed by atoms with E-state index >= 15 is 0 Å². The maximum atomic E-state index is 13.7. The molecule has 1 aliphatic heterocycles. The highest BCUT2D eigenvalue weighted by atomic mass is 35.5. The molecule has 5 heteroatoms. The number of nitrogens with one attached hydrogen (secondary N) is 2. The largest absolute Gasteiger partial charge is 0.363 e. The van der Waals surface area contributed by atoms with Gasteiger partial charge in [0.1, 0.15) is 17.8 Å². The number of amidine groups is 1. The molecule has 0 saturated heterocycles. The third-order valence-corrected chi connectivity index (χ3v) is 6.37. The highest BCUT2D eigenvalue weighted by Crippen LogP contribution is 2.34. The number of unbranched alkanes of at least 4 members (excludes halogenated alkanes) is 3. The summed E-state index contributed by atoms with van der Waals surface area (Å²) in [6.07, 6.45) is 8.31. The van der Waals surface area contributed by atoms with Crippen molar-refractivity contribution in [1.82, 2.24) is 10.6 Å². The van der Waals surface area contributed by atoms with Gasteiger partial charge in [0.15, 0.2) is 0 Å². The molecule has 4 rings (SSSR count). The molecule has 0 bridgehead atoms. The lowest BCUT2D eigenvalue weighted by Gasteiger charge is -2.27. The summed E-state index contributed by atoms with van der Waals surface area (Å²) in [6.45, 7) is 10.5. The summed E-state index contributed by atoms with van der Waals surface area (Å²) in [5, 5.41) is 7.54. The van der Waals surface area contributed by atoms with Crippen LogP contribution in [-0.2, 0) is 0 Å². The lowest BCUT2D eigenvalue weighted by molar-refractivity contribution is 0.601. The molecule has 0 fully saturated rings. The molecule has 1 atom stereocenters. The Bertz CT molecular complexity index is 1040. The fourth-order valence-corrected chi connectivity index (χ4v) is 4.39. The van der Waals surface area contributed by atoms with Crippen LogP contribution in [0.5, 0.6) is 0 Å². The van der Waals surface area contributed by atoms with Gasteiger partial charge in [-0.1, -0.05) is 82.0 Å². The first kappa shape index (κ1) is 25.0. The number of hydrogen-bond acceptors (Lipinski definition) is 3. The molecule has 2 N–H and O–H groups in total. The molecule has 0 spiro atoms. The van der Waals surface area contributed by atoms with Crippen LogP contribution in [0.2, 0.25) is 5.02 Å². The third kappa shape index (κ3) is 6.48. The van der Waals surface area contributed by atoms with E-state index in [0.717, 1.165) is 41.8 Å². The van der Waals surface area contributed by atoms with Crippen molar-refractivity contribution in [2.24, 2.45) is 4.99 Å². The molecule has 0 amide bonds. The van der Waals surface area contributed by atoms with Crippen LogP contribution in [0.25, 0.3) is 5.70 Å². The van der Waals surface area contributed by atoms with E-state index < -0.39 is 0 Å². The average molecular weight is 468 g/mol. The first-order valence-electron chi connectivity index (χ1n) is 12.0. The van der Waals surface area contributed by atoms with E-state index in [4.69, 9.17) is 16.6 Å². The third-order valence-electron chi connectivity index (χ3n) is 6.02. The normalized spacial score (nSPS) is 16.9. The van der Waals surface area contributed by atoms with Gasteiger partial charge in [0.25, 0.3) is 0 Å². The Labute approximate surface area is 202 Å². The maximum absolute atomic E-state index is 13.7. The Kier molecular flexibility index (Phi) is 9.13. The summed E-state index contributed by atoms with van der Waals surface area (Å²) in [6, 6.07) is 12.4. The summed E-state index contributed by atoms with van der Waals surface area (Å²) in [5.74, 6) is 0.514. The maximum Gasteiger partial charge on any atom is 0.148 e. The van der Waals surface area contributed by atoms with Gasteiger partial charge in [-0.25, -0.2) is 9.38 Å². The van der Waals surface area contributed by atoms with Crippen LogP contribution >= 0.6 is 11.6 Å². The van der Waals surface area contributed by atoms with Gasteiger partial charge in [-0.2, -0.15) is 0 Å². The Hall–Kier alpha value is -2.59. The second kappa shape index (κ2) is 12.0. The lowest BCUT2D eigenvalue weighted by Crippen LogP contribution is -2.33. The number of nitrogens with zero attached hydrogens (tertiary/aromatic N) is 1. The van der Waals surface area contributed by atoms with Crippen molar-refractivity contribution in [2.75, 3.05) is 0 Å². The van der Waals surface area contributed by atoms with Crippen LogP contribution in [0.15, 0.2) is 65.3 Å². The molecular formula is C28H35ClFN3. The number of halogens is 2. The van der Waals surface area contributed by atoms with Crippen LogP contribution in [-0.4, -0.2) is 5.84 Å². The van der Waals surface area contributed by atoms with Crippen LogP contribution in [0, 0.1) is 12.7 Å². The Balaban J connectivity index is 0.000000454. The Morgan fingerprint density at radius 2 is 1.88 bits per heavy atom. The van der Waals surface area contributed by atoms with E-state index in [1.807, 2.05) is 31.2 Å². The fraction of sp³-hybridized carbons (Fsp3) is 0.393. The second-order valence-electron chi connectivity index (χ2n) is 8.63. The molecule has 33 heavy (non-hydrogen) atoms. The molecule has 0 radical (unpaired) electrons. The van der Waals surface area contributed by atoms with Crippen molar-refractivity contribution in [1.29, 1.82) is 0 Å². The number of benzene rings is 2. The lowest BCUT2D eigenvalue weighted by atomic mass is 10.0. The summed E-state index contributed by atoms with van der Waals surface area (Å²) in [7, 11) is 0. The molecule has 2 aromatic rings. The minimum Gasteiger partial charge on any atom is -0.363 e. The number of rotatable bonds is 6. The zero-order chi connectivity index (χ0) is 23.8.